The van der Waals surface area contributed by atoms with Gasteiger partial charge in [-0.3, -0.25) is 4.90 Å². The first-order valence-corrected chi connectivity index (χ1v) is 10.8. The minimum absolute atomic E-state index is 0.343. The van der Waals surface area contributed by atoms with E-state index in [1.807, 2.05) is 37.3 Å². The van der Waals surface area contributed by atoms with Crippen LogP contribution in [-0.2, 0) is 16.0 Å². The highest BCUT2D eigenvalue weighted by Crippen LogP contribution is 2.32. The molecule has 0 N–H and O–H groups in total. The summed E-state index contributed by atoms with van der Waals surface area (Å²) in [5, 5.41) is 0. The van der Waals surface area contributed by atoms with Gasteiger partial charge >= 0.3 is 5.97 Å². The Bertz CT molecular complexity index is 1040. The lowest BCUT2D eigenvalue weighted by Crippen LogP contribution is -2.26. The second-order valence-corrected chi connectivity index (χ2v) is 7.86. The standard InChI is InChI=1S/C26H28N2O3/c1-19-23(27-26(31-19)22-7-4-3-5-8-22)16-18-28-17-6-9-24(28)21-13-10-20(11-14-21)12-15-25(29)30-2/h3-5,7-8,10-15,24H,6,9,16-18H2,1-2H3. The number of likely N-dealkylation sites (tertiary alicyclic amines) is 1. The van der Waals surface area contributed by atoms with Gasteiger partial charge in [-0.05, 0) is 55.6 Å². The number of aryl methyl sites for hydroxylation is 1. The molecule has 0 amide bonds. The lowest BCUT2D eigenvalue weighted by molar-refractivity contribution is -0.134. The fraction of sp³-hybridized carbons (Fsp3) is 0.308. The molecule has 31 heavy (non-hydrogen) atoms. The molecule has 0 radical (unpaired) electrons. The van der Waals surface area contributed by atoms with Gasteiger partial charge in [0, 0.05) is 30.6 Å². The lowest BCUT2D eigenvalue weighted by Gasteiger charge is -2.24. The number of carbonyl (C=O) groups is 1. The fourth-order valence-corrected chi connectivity index (χ4v) is 4.15. The number of aromatic nitrogens is 1. The summed E-state index contributed by atoms with van der Waals surface area (Å²) >= 11 is 0. The van der Waals surface area contributed by atoms with Gasteiger partial charge < -0.3 is 9.15 Å². The van der Waals surface area contributed by atoms with Crippen LogP contribution in [0.2, 0.25) is 0 Å². The van der Waals surface area contributed by atoms with Crippen molar-refractivity contribution in [3.8, 4) is 11.5 Å². The van der Waals surface area contributed by atoms with E-state index < -0.39 is 0 Å². The first-order valence-electron chi connectivity index (χ1n) is 10.8. The first-order chi connectivity index (χ1) is 15.1. The molecule has 2 heterocycles. The third-order valence-electron chi connectivity index (χ3n) is 5.85. The number of benzene rings is 2. The predicted octanol–water partition coefficient (Wildman–Crippen LogP) is 5.22. The molecule has 1 unspecified atom stereocenters. The molecule has 5 heteroatoms. The van der Waals surface area contributed by atoms with E-state index in [1.165, 1.54) is 25.2 Å². The molecule has 0 bridgehead atoms. The molecule has 1 aliphatic heterocycles. The Morgan fingerprint density at radius 3 is 2.71 bits per heavy atom. The van der Waals surface area contributed by atoms with Crippen LogP contribution in [0.15, 0.2) is 65.1 Å². The van der Waals surface area contributed by atoms with E-state index >= 15 is 0 Å². The van der Waals surface area contributed by atoms with Gasteiger partial charge in [0.25, 0.3) is 0 Å². The molecule has 1 aliphatic rings. The van der Waals surface area contributed by atoms with Crippen LogP contribution in [0.1, 0.15) is 41.5 Å². The summed E-state index contributed by atoms with van der Waals surface area (Å²) in [5.41, 5.74) is 4.35. The van der Waals surface area contributed by atoms with Crippen LogP contribution in [-0.4, -0.2) is 36.1 Å². The maximum atomic E-state index is 11.3. The quantitative estimate of drug-likeness (QED) is 0.391. The van der Waals surface area contributed by atoms with Gasteiger partial charge in [-0.2, -0.15) is 0 Å². The Balaban J connectivity index is 1.40. The summed E-state index contributed by atoms with van der Waals surface area (Å²) in [7, 11) is 1.38. The number of carbonyl (C=O) groups excluding carboxylic acids is 1. The molecule has 1 aromatic heterocycles. The number of hydrogen-bond donors (Lipinski definition) is 0. The maximum Gasteiger partial charge on any atom is 0.330 e. The van der Waals surface area contributed by atoms with Crippen LogP contribution in [0, 0.1) is 6.92 Å². The third kappa shape index (κ3) is 5.12. The van der Waals surface area contributed by atoms with Crippen LogP contribution in [0.4, 0.5) is 0 Å². The number of rotatable bonds is 7. The molecular weight excluding hydrogens is 388 g/mol. The fourth-order valence-electron chi connectivity index (χ4n) is 4.15. The summed E-state index contributed by atoms with van der Waals surface area (Å²) in [4.78, 5) is 18.6. The Morgan fingerprint density at radius 1 is 1.19 bits per heavy atom. The summed E-state index contributed by atoms with van der Waals surface area (Å²) in [6, 6.07) is 18.9. The highest BCUT2D eigenvalue weighted by molar-refractivity contribution is 5.86. The molecule has 2 aromatic carbocycles. The summed E-state index contributed by atoms with van der Waals surface area (Å²) < 4.78 is 10.6. The summed E-state index contributed by atoms with van der Waals surface area (Å²) in [6.45, 7) is 4.05. The van der Waals surface area contributed by atoms with Crippen molar-refractivity contribution >= 4 is 12.0 Å². The van der Waals surface area contributed by atoms with Crippen LogP contribution in [0.3, 0.4) is 0 Å². The van der Waals surface area contributed by atoms with Crippen LogP contribution in [0.25, 0.3) is 17.5 Å². The molecule has 0 spiro atoms. The molecule has 1 fully saturated rings. The van der Waals surface area contributed by atoms with Gasteiger partial charge in [0.2, 0.25) is 5.89 Å². The number of oxazole rings is 1. The van der Waals surface area contributed by atoms with Gasteiger partial charge in [-0.25, -0.2) is 9.78 Å². The van der Waals surface area contributed by atoms with Crippen LogP contribution < -0.4 is 0 Å². The van der Waals surface area contributed by atoms with Crippen molar-refractivity contribution in [3.05, 3.63) is 83.3 Å². The lowest BCUT2D eigenvalue weighted by atomic mass is 10.0. The van der Waals surface area contributed by atoms with Gasteiger partial charge in [0.1, 0.15) is 5.76 Å². The van der Waals surface area contributed by atoms with Gasteiger partial charge in [-0.15, -0.1) is 0 Å². The molecule has 5 nitrogen and oxygen atoms in total. The third-order valence-corrected chi connectivity index (χ3v) is 5.85. The van der Waals surface area contributed by atoms with Gasteiger partial charge in [-0.1, -0.05) is 42.5 Å². The van der Waals surface area contributed by atoms with E-state index in [1.54, 1.807) is 6.08 Å². The second kappa shape index (κ2) is 9.75. The molecule has 1 atom stereocenters. The normalized spacial score (nSPS) is 16.8. The second-order valence-electron chi connectivity index (χ2n) is 7.86. The Morgan fingerprint density at radius 2 is 1.97 bits per heavy atom. The van der Waals surface area contributed by atoms with Crippen molar-refractivity contribution in [2.24, 2.45) is 0 Å². The molecular formula is C26H28N2O3. The van der Waals surface area contributed by atoms with Crippen molar-refractivity contribution in [1.82, 2.24) is 9.88 Å². The van der Waals surface area contributed by atoms with E-state index in [4.69, 9.17) is 9.40 Å². The highest BCUT2D eigenvalue weighted by atomic mass is 16.5. The highest BCUT2D eigenvalue weighted by Gasteiger charge is 2.26. The minimum atomic E-state index is -0.343. The number of esters is 1. The van der Waals surface area contributed by atoms with Crippen molar-refractivity contribution in [2.75, 3.05) is 20.2 Å². The van der Waals surface area contributed by atoms with Gasteiger partial charge in [0.15, 0.2) is 0 Å². The van der Waals surface area contributed by atoms with E-state index in [0.29, 0.717) is 11.9 Å². The average Bonchev–Trinajstić information content (AvgIpc) is 3.43. The first kappa shape index (κ1) is 21.1. The minimum Gasteiger partial charge on any atom is -0.466 e. The zero-order valence-corrected chi connectivity index (χ0v) is 18.1. The van der Waals surface area contributed by atoms with Crippen molar-refractivity contribution in [2.45, 2.75) is 32.2 Å². The molecule has 160 valence electrons. The Kier molecular flexibility index (Phi) is 6.63. The van der Waals surface area contributed by atoms with Crippen molar-refractivity contribution < 1.29 is 13.9 Å². The SMILES string of the molecule is COC(=O)C=Cc1ccc(C2CCCN2CCc2nc(-c3ccccc3)oc2C)cc1. The predicted molar refractivity (Wildman–Crippen MR) is 121 cm³/mol. The smallest absolute Gasteiger partial charge is 0.330 e. The number of nitrogens with zero attached hydrogens (tertiary/aromatic N) is 2. The molecule has 1 saturated heterocycles. The van der Waals surface area contributed by atoms with Crippen LogP contribution in [0.5, 0.6) is 0 Å². The topological polar surface area (TPSA) is 55.6 Å². The maximum absolute atomic E-state index is 11.3. The Hall–Kier alpha value is -3.18. The van der Waals surface area contributed by atoms with E-state index in [0.717, 1.165) is 48.5 Å². The largest absolute Gasteiger partial charge is 0.466 e. The zero-order chi connectivity index (χ0) is 21.6. The average molecular weight is 417 g/mol. The monoisotopic (exact) mass is 416 g/mol. The van der Waals surface area contributed by atoms with E-state index in [2.05, 4.69) is 33.9 Å². The van der Waals surface area contributed by atoms with Gasteiger partial charge in [0.05, 0.1) is 12.8 Å². The van der Waals surface area contributed by atoms with Crippen molar-refractivity contribution in [1.29, 1.82) is 0 Å². The summed E-state index contributed by atoms with van der Waals surface area (Å²) in [5.74, 6) is 1.25. The van der Waals surface area contributed by atoms with E-state index in [9.17, 15) is 4.79 Å². The zero-order valence-electron chi connectivity index (χ0n) is 18.1. The molecule has 0 saturated carbocycles. The molecule has 4 rings (SSSR count). The van der Waals surface area contributed by atoms with Crippen LogP contribution >= 0.6 is 0 Å². The van der Waals surface area contributed by atoms with E-state index in [-0.39, 0.29) is 5.97 Å². The Labute approximate surface area is 183 Å². The number of hydrogen-bond acceptors (Lipinski definition) is 5. The number of ether oxygens (including phenoxy) is 1. The number of methoxy groups -OCH3 is 1. The molecule has 0 aliphatic carbocycles. The summed E-state index contributed by atoms with van der Waals surface area (Å²) in [6.07, 6.45) is 6.45. The van der Waals surface area contributed by atoms with Crippen molar-refractivity contribution in [3.63, 3.8) is 0 Å². The molecule has 3 aromatic rings.